The lowest BCUT2D eigenvalue weighted by atomic mass is 10.2. The maximum atomic E-state index is 13.1. The van der Waals surface area contributed by atoms with Gasteiger partial charge in [-0.2, -0.15) is 9.78 Å². The number of nitrogens with zero attached hydrogens (tertiary/aromatic N) is 3. The number of aryl methyl sites for hydroxylation is 1. The first-order valence-electron chi connectivity index (χ1n) is 9.71. The monoisotopic (exact) mass is 406 g/mol. The molecule has 1 aliphatic rings. The van der Waals surface area contributed by atoms with Crippen LogP contribution in [0.3, 0.4) is 0 Å². The summed E-state index contributed by atoms with van der Waals surface area (Å²) >= 11 is 0. The van der Waals surface area contributed by atoms with Crippen LogP contribution in [0.15, 0.2) is 58.1 Å². The molecule has 1 saturated carbocycles. The first-order chi connectivity index (χ1) is 14.5. The average molecular weight is 406 g/mol. The van der Waals surface area contributed by atoms with Crippen molar-refractivity contribution in [3.8, 4) is 11.4 Å². The Morgan fingerprint density at radius 3 is 2.57 bits per heavy atom. The molecule has 1 aromatic heterocycles. The zero-order valence-electron chi connectivity index (χ0n) is 16.8. The molecular weight excluding hydrogens is 384 g/mol. The van der Waals surface area contributed by atoms with Crippen LogP contribution in [-0.4, -0.2) is 33.4 Å². The SMILES string of the molecule is COc1cccc(Cn2c(=O)c(C(=O)NC3CC3)nn(-c3ccc(C)cc3)c2=O)c1. The Bertz CT molecular complexity index is 1210. The van der Waals surface area contributed by atoms with Gasteiger partial charge in [0, 0.05) is 6.04 Å². The molecule has 1 fully saturated rings. The number of ether oxygens (including phenoxy) is 1. The molecule has 0 spiro atoms. The van der Waals surface area contributed by atoms with Gasteiger partial charge in [0.1, 0.15) is 5.75 Å². The molecule has 1 heterocycles. The van der Waals surface area contributed by atoms with E-state index in [9.17, 15) is 14.4 Å². The lowest BCUT2D eigenvalue weighted by molar-refractivity contribution is 0.0941. The van der Waals surface area contributed by atoms with Gasteiger partial charge >= 0.3 is 5.69 Å². The van der Waals surface area contributed by atoms with Crippen LogP contribution >= 0.6 is 0 Å². The van der Waals surface area contributed by atoms with E-state index in [1.165, 1.54) is 0 Å². The van der Waals surface area contributed by atoms with Gasteiger partial charge in [0.15, 0.2) is 0 Å². The summed E-state index contributed by atoms with van der Waals surface area (Å²) in [4.78, 5) is 38.8. The number of rotatable bonds is 6. The second-order valence-electron chi connectivity index (χ2n) is 7.37. The molecule has 1 N–H and O–H groups in total. The number of aromatic nitrogens is 3. The van der Waals surface area contributed by atoms with Gasteiger partial charge < -0.3 is 10.1 Å². The molecule has 2 aromatic carbocycles. The molecule has 8 nitrogen and oxygen atoms in total. The topological polar surface area (TPSA) is 95.2 Å². The number of methoxy groups -OCH3 is 1. The molecule has 0 saturated heterocycles. The van der Waals surface area contributed by atoms with Crippen LogP contribution in [0.2, 0.25) is 0 Å². The second kappa shape index (κ2) is 7.98. The Balaban J connectivity index is 1.85. The fourth-order valence-electron chi connectivity index (χ4n) is 3.09. The first kappa shape index (κ1) is 19.6. The lowest BCUT2D eigenvalue weighted by Gasteiger charge is -2.13. The number of hydrogen-bond acceptors (Lipinski definition) is 5. The summed E-state index contributed by atoms with van der Waals surface area (Å²) < 4.78 is 7.35. The van der Waals surface area contributed by atoms with E-state index in [0.29, 0.717) is 17.0 Å². The second-order valence-corrected chi connectivity index (χ2v) is 7.37. The van der Waals surface area contributed by atoms with E-state index < -0.39 is 17.2 Å². The van der Waals surface area contributed by atoms with Gasteiger partial charge in [0.25, 0.3) is 11.5 Å². The number of nitrogens with one attached hydrogen (secondary N) is 1. The van der Waals surface area contributed by atoms with Crippen molar-refractivity contribution in [2.45, 2.75) is 32.4 Å². The van der Waals surface area contributed by atoms with Crippen molar-refractivity contribution in [3.05, 3.63) is 86.2 Å². The van der Waals surface area contributed by atoms with Crippen LogP contribution in [0.1, 0.15) is 34.5 Å². The molecule has 0 aliphatic heterocycles. The van der Waals surface area contributed by atoms with Crippen molar-refractivity contribution < 1.29 is 9.53 Å². The molecule has 1 aliphatic carbocycles. The largest absolute Gasteiger partial charge is 0.497 e. The quantitative estimate of drug-likeness (QED) is 0.672. The molecule has 3 aromatic rings. The molecule has 1 amide bonds. The van der Waals surface area contributed by atoms with Gasteiger partial charge in [-0.3, -0.25) is 14.2 Å². The Morgan fingerprint density at radius 1 is 1.17 bits per heavy atom. The van der Waals surface area contributed by atoms with Crippen molar-refractivity contribution in [1.29, 1.82) is 0 Å². The molecular formula is C22H22N4O4. The molecule has 30 heavy (non-hydrogen) atoms. The highest BCUT2D eigenvalue weighted by Crippen LogP contribution is 2.19. The number of carbonyl (C=O) groups is 1. The highest BCUT2D eigenvalue weighted by atomic mass is 16.5. The predicted molar refractivity (Wildman–Crippen MR) is 111 cm³/mol. The van der Waals surface area contributed by atoms with Crippen LogP contribution in [0.4, 0.5) is 0 Å². The minimum Gasteiger partial charge on any atom is -0.497 e. The van der Waals surface area contributed by atoms with Gasteiger partial charge in [-0.25, -0.2) is 4.79 Å². The van der Waals surface area contributed by atoms with Crippen LogP contribution in [0.25, 0.3) is 5.69 Å². The Hall–Kier alpha value is -3.68. The summed E-state index contributed by atoms with van der Waals surface area (Å²) in [6.45, 7) is 1.92. The van der Waals surface area contributed by atoms with Crippen molar-refractivity contribution >= 4 is 5.91 Å². The van der Waals surface area contributed by atoms with E-state index in [4.69, 9.17) is 4.74 Å². The zero-order chi connectivity index (χ0) is 21.3. The Kier molecular flexibility index (Phi) is 5.22. The number of benzene rings is 2. The third-order valence-corrected chi connectivity index (χ3v) is 4.94. The van der Waals surface area contributed by atoms with Crippen LogP contribution in [0.5, 0.6) is 5.75 Å². The van der Waals surface area contributed by atoms with Crippen molar-refractivity contribution in [2.24, 2.45) is 0 Å². The van der Waals surface area contributed by atoms with Crippen LogP contribution < -0.4 is 21.3 Å². The predicted octanol–water partition coefficient (Wildman–Crippen LogP) is 1.65. The Labute approximate surface area is 172 Å². The Morgan fingerprint density at radius 2 is 1.90 bits per heavy atom. The van der Waals surface area contributed by atoms with E-state index in [2.05, 4.69) is 10.4 Å². The first-order valence-corrected chi connectivity index (χ1v) is 9.71. The van der Waals surface area contributed by atoms with E-state index in [-0.39, 0.29) is 18.3 Å². The molecule has 0 atom stereocenters. The van der Waals surface area contributed by atoms with Crippen LogP contribution in [0, 0.1) is 6.92 Å². The normalized spacial score (nSPS) is 13.1. The standard InChI is InChI=1S/C22H22N4O4/c1-14-6-10-17(11-7-14)26-22(29)25(13-15-4-3-5-18(12-15)30-2)21(28)19(24-26)20(27)23-16-8-9-16/h3-7,10-12,16H,8-9,13H2,1-2H3,(H,23,27). The number of hydrogen-bond donors (Lipinski definition) is 1. The summed E-state index contributed by atoms with van der Waals surface area (Å²) in [7, 11) is 1.54. The van der Waals surface area contributed by atoms with Crippen molar-refractivity contribution in [2.75, 3.05) is 7.11 Å². The van der Waals surface area contributed by atoms with E-state index >= 15 is 0 Å². The van der Waals surface area contributed by atoms with E-state index in [1.807, 2.05) is 19.1 Å². The lowest BCUT2D eigenvalue weighted by Crippen LogP contribution is -2.46. The molecule has 4 rings (SSSR count). The number of amides is 1. The summed E-state index contributed by atoms with van der Waals surface area (Å²) in [5.74, 6) is 0.0444. The summed E-state index contributed by atoms with van der Waals surface area (Å²) in [6, 6.07) is 14.3. The highest BCUT2D eigenvalue weighted by molar-refractivity contribution is 5.92. The van der Waals surface area contributed by atoms with Crippen molar-refractivity contribution in [3.63, 3.8) is 0 Å². The number of carbonyl (C=O) groups excluding carboxylic acids is 1. The average Bonchev–Trinajstić information content (AvgIpc) is 3.56. The molecule has 0 unspecified atom stereocenters. The minimum atomic E-state index is -0.718. The van der Waals surface area contributed by atoms with Gasteiger partial charge in [0.2, 0.25) is 5.69 Å². The highest BCUT2D eigenvalue weighted by Gasteiger charge is 2.27. The third-order valence-electron chi connectivity index (χ3n) is 4.94. The fraction of sp³-hybridized carbons (Fsp3) is 0.273. The smallest absolute Gasteiger partial charge is 0.352 e. The van der Waals surface area contributed by atoms with Gasteiger partial charge in [-0.05, 0) is 49.6 Å². The van der Waals surface area contributed by atoms with Crippen LogP contribution in [-0.2, 0) is 6.54 Å². The summed E-state index contributed by atoms with van der Waals surface area (Å²) in [6.07, 6.45) is 1.75. The van der Waals surface area contributed by atoms with E-state index in [1.54, 1.807) is 43.5 Å². The molecule has 0 radical (unpaired) electrons. The molecule has 8 heteroatoms. The maximum absolute atomic E-state index is 13.1. The van der Waals surface area contributed by atoms with Gasteiger partial charge in [-0.15, -0.1) is 0 Å². The van der Waals surface area contributed by atoms with Gasteiger partial charge in [0.05, 0.1) is 19.3 Å². The third kappa shape index (κ3) is 4.03. The van der Waals surface area contributed by atoms with Gasteiger partial charge in [-0.1, -0.05) is 29.8 Å². The minimum absolute atomic E-state index is 0.00699. The summed E-state index contributed by atoms with van der Waals surface area (Å²) in [5.41, 5.74) is 0.557. The molecule has 0 bridgehead atoms. The zero-order valence-corrected chi connectivity index (χ0v) is 16.8. The molecule has 154 valence electrons. The fourth-order valence-corrected chi connectivity index (χ4v) is 3.09. The van der Waals surface area contributed by atoms with Crippen molar-refractivity contribution in [1.82, 2.24) is 19.7 Å². The summed E-state index contributed by atoms with van der Waals surface area (Å²) in [5, 5.41) is 6.90. The maximum Gasteiger partial charge on any atom is 0.352 e. The van der Waals surface area contributed by atoms with E-state index in [0.717, 1.165) is 27.7 Å².